The molecule has 0 aromatic rings. The summed E-state index contributed by atoms with van der Waals surface area (Å²) in [6, 6.07) is 1.30. The first-order valence-electron chi connectivity index (χ1n) is 6.44. The van der Waals surface area contributed by atoms with Gasteiger partial charge in [0, 0.05) is 18.6 Å². The fraction of sp³-hybridized carbons (Fsp3) is 1.00. The van der Waals surface area contributed by atoms with Gasteiger partial charge in [-0.15, -0.1) is 0 Å². The third-order valence-electron chi connectivity index (χ3n) is 3.61. The molecule has 1 rings (SSSR count). The minimum Gasteiger partial charge on any atom is -0.314 e. The van der Waals surface area contributed by atoms with E-state index in [2.05, 4.69) is 45.0 Å². The van der Waals surface area contributed by atoms with Crippen LogP contribution in [-0.2, 0) is 0 Å². The van der Waals surface area contributed by atoms with Gasteiger partial charge in [0.05, 0.1) is 0 Å². The Labute approximate surface area is 95.4 Å². The van der Waals surface area contributed by atoms with Crippen LogP contribution in [0.25, 0.3) is 0 Å². The second-order valence-electron chi connectivity index (χ2n) is 5.66. The Morgan fingerprint density at radius 1 is 1.20 bits per heavy atom. The van der Waals surface area contributed by atoms with Crippen molar-refractivity contribution in [1.82, 2.24) is 10.2 Å². The number of nitrogens with one attached hydrogen (secondary N) is 1. The molecule has 0 aliphatic heterocycles. The smallest absolute Gasteiger partial charge is 0.0102 e. The molecule has 1 aliphatic carbocycles. The molecule has 1 N–H and O–H groups in total. The van der Waals surface area contributed by atoms with Crippen LogP contribution in [0.1, 0.15) is 40.5 Å². The molecule has 2 nitrogen and oxygen atoms in total. The van der Waals surface area contributed by atoms with Crippen molar-refractivity contribution in [2.75, 3.05) is 20.1 Å². The van der Waals surface area contributed by atoms with Gasteiger partial charge in [-0.1, -0.05) is 20.8 Å². The van der Waals surface area contributed by atoms with Gasteiger partial charge in [-0.25, -0.2) is 0 Å². The highest BCUT2D eigenvalue weighted by molar-refractivity contribution is 4.80. The average molecular weight is 212 g/mol. The Morgan fingerprint density at radius 2 is 1.80 bits per heavy atom. The Hall–Kier alpha value is -0.0800. The summed E-state index contributed by atoms with van der Waals surface area (Å²) in [6.07, 6.45) is 2.91. The Bertz CT molecular complexity index is 175. The third-order valence-corrected chi connectivity index (χ3v) is 3.61. The van der Waals surface area contributed by atoms with Crippen molar-refractivity contribution in [1.29, 1.82) is 0 Å². The van der Waals surface area contributed by atoms with Crippen LogP contribution >= 0.6 is 0 Å². The Balaban J connectivity index is 2.20. The minimum absolute atomic E-state index is 0.605. The van der Waals surface area contributed by atoms with E-state index < -0.39 is 0 Å². The lowest BCUT2D eigenvalue weighted by Crippen LogP contribution is -2.41. The molecule has 2 heteroatoms. The van der Waals surface area contributed by atoms with E-state index in [0.29, 0.717) is 12.1 Å². The van der Waals surface area contributed by atoms with Crippen molar-refractivity contribution in [3.8, 4) is 0 Å². The van der Waals surface area contributed by atoms with Crippen LogP contribution in [-0.4, -0.2) is 37.1 Å². The topological polar surface area (TPSA) is 15.3 Å². The number of hydrogen-bond donors (Lipinski definition) is 1. The van der Waals surface area contributed by atoms with Gasteiger partial charge in [-0.2, -0.15) is 0 Å². The maximum atomic E-state index is 3.52. The monoisotopic (exact) mass is 212 g/mol. The maximum absolute atomic E-state index is 3.52. The molecule has 0 aromatic carbocycles. The van der Waals surface area contributed by atoms with E-state index >= 15 is 0 Å². The summed E-state index contributed by atoms with van der Waals surface area (Å²) in [4.78, 5) is 2.53. The van der Waals surface area contributed by atoms with Gasteiger partial charge in [-0.3, -0.25) is 0 Å². The molecule has 2 atom stereocenters. The van der Waals surface area contributed by atoms with E-state index in [1.54, 1.807) is 0 Å². The predicted molar refractivity (Wildman–Crippen MR) is 67.1 cm³/mol. The largest absolute Gasteiger partial charge is 0.314 e. The SMILES string of the molecule is CC(C)NCC(C)C(C)N(C)CC1CC1. The summed E-state index contributed by atoms with van der Waals surface area (Å²) >= 11 is 0. The zero-order valence-electron chi connectivity index (χ0n) is 11.1. The Morgan fingerprint density at radius 3 is 2.27 bits per heavy atom. The van der Waals surface area contributed by atoms with Gasteiger partial charge in [0.25, 0.3) is 0 Å². The highest BCUT2D eigenvalue weighted by Crippen LogP contribution is 2.30. The lowest BCUT2D eigenvalue weighted by molar-refractivity contribution is 0.187. The van der Waals surface area contributed by atoms with Crippen molar-refractivity contribution in [2.24, 2.45) is 11.8 Å². The van der Waals surface area contributed by atoms with Gasteiger partial charge in [-0.05, 0) is 45.2 Å². The molecule has 90 valence electrons. The fourth-order valence-electron chi connectivity index (χ4n) is 1.90. The van der Waals surface area contributed by atoms with Crippen LogP contribution in [0.15, 0.2) is 0 Å². The molecular weight excluding hydrogens is 184 g/mol. The molecule has 0 amide bonds. The van der Waals surface area contributed by atoms with Crippen molar-refractivity contribution in [3.63, 3.8) is 0 Å². The Kier molecular flexibility index (Phi) is 5.07. The van der Waals surface area contributed by atoms with Crippen LogP contribution in [0.2, 0.25) is 0 Å². The van der Waals surface area contributed by atoms with Crippen LogP contribution < -0.4 is 5.32 Å². The first-order valence-corrected chi connectivity index (χ1v) is 6.44. The summed E-state index contributed by atoms with van der Waals surface area (Å²) in [5.41, 5.74) is 0. The maximum Gasteiger partial charge on any atom is 0.0102 e. The molecule has 15 heavy (non-hydrogen) atoms. The van der Waals surface area contributed by atoms with E-state index in [1.165, 1.54) is 19.4 Å². The summed E-state index contributed by atoms with van der Waals surface area (Å²) < 4.78 is 0. The van der Waals surface area contributed by atoms with Gasteiger partial charge in [0.2, 0.25) is 0 Å². The lowest BCUT2D eigenvalue weighted by atomic mass is 10.0. The zero-order chi connectivity index (χ0) is 11.4. The number of nitrogens with zero attached hydrogens (tertiary/aromatic N) is 1. The first kappa shape index (κ1) is 13.0. The standard InChI is InChI=1S/C13H28N2/c1-10(2)14-8-11(3)12(4)15(5)9-13-6-7-13/h10-14H,6-9H2,1-5H3. The molecule has 0 radical (unpaired) electrons. The fourth-order valence-corrected chi connectivity index (χ4v) is 1.90. The van der Waals surface area contributed by atoms with Crippen molar-refractivity contribution >= 4 is 0 Å². The van der Waals surface area contributed by atoms with Crippen LogP contribution in [0.3, 0.4) is 0 Å². The quantitative estimate of drug-likeness (QED) is 0.697. The summed E-state index contributed by atoms with van der Waals surface area (Å²) in [6.45, 7) is 11.6. The summed E-state index contributed by atoms with van der Waals surface area (Å²) in [7, 11) is 2.27. The molecule has 0 spiro atoms. The molecule has 1 fully saturated rings. The minimum atomic E-state index is 0.605. The van der Waals surface area contributed by atoms with Crippen LogP contribution in [0.4, 0.5) is 0 Å². The van der Waals surface area contributed by atoms with Gasteiger partial charge in [0.1, 0.15) is 0 Å². The van der Waals surface area contributed by atoms with Crippen molar-refractivity contribution in [3.05, 3.63) is 0 Å². The zero-order valence-corrected chi connectivity index (χ0v) is 11.1. The number of hydrogen-bond acceptors (Lipinski definition) is 2. The van der Waals surface area contributed by atoms with E-state index in [9.17, 15) is 0 Å². The van der Waals surface area contributed by atoms with Crippen LogP contribution in [0, 0.1) is 11.8 Å². The third kappa shape index (κ3) is 4.98. The highest BCUT2D eigenvalue weighted by Gasteiger charge is 2.26. The highest BCUT2D eigenvalue weighted by atomic mass is 15.1. The molecule has 0 aromatic heterocycles. The molecule has 0 heterocycles. The second kappa shape index (κ2) is 5.86. The van der Waals surface area contributed by atoms with Gasteiger partial charge < -0.3 is 10.2 Å². The summed E-state index contributed by atoms with van der Waals surface area (Å²) in [5, 5.41) is 3.52. The normalized spacial score (nSPS) is 21.0. The van der Waals surface area contributed by atoms with Gasteiger partial charge in [0.15, 0.2) is 0 Å². The van der Waals surface area contributed by atoms with E-state index in [0.717, 1.165) is 18.4 Å². The molecule has 0 bridgehead atoms. The van der Waals surface area contributed by atoms with Gasteiger partial charge >= 0.3 is 0 Å². The number of rotatable bonds is 7. The first-order chi connectivity index (χ1) is 7.00. The van der Waals surface area contributed by atoms with E-state index in [4.69, 9.17) is 0 Å². The second-order valence-corrected chi connectivity index (χ2v) is 5.66. The van der Waals surface area contributed by atoms with Crippen LogP contribution in [0.5, 0.6) is 0 Å². The summed E-state index contributed by atoms with van der Waals surface area (Å²) in [5.74, 6) is 1.74. The molecular formula is C13H28N2. The molecule has 1 saturated carbocycles. The molecule has 1 aliphatic rings. The predicted octanol–water partition coefficient (Wildman–Crippen LogP) is 2.35. The lowest BCUT2D eigenvalue weighted by Gasteiger charge is -2.30. The molecule has 0 saturated heterocycles. The van der Waals surface area contributed by atoms with E-state index in [-0.39, 0.29) is 0 Å². The molecule has 2 unspecified atom stereocenters. The van der Waals surface area contributed by atoms with Crippen molar-refractivity contribution in [2.45, 2.75) is 52.6 Å². The average Bonchev–Trinajstić information content (AvgIpc) is 2.96. The van der Waals surface area contributed by atoms with E-state index in [1.807, 2.05) is 0 Å². The van der Waals surface area contributed by atoms with Crippen molar-refractivity contribution < 1.29 is 0 Å².